The first-order valence-corrected chi connectivity index (χ1v) is 9.03. The van der Waals surface area contributed by atoms with E-state index in [1.54, 1.807) is 17.1 Å². The molecule has 116 valence electrons. The van der Waals surface area contributed by atoms with Gasteiger partial charge in [0.2, 0.25) is 5.91 Å². The lowest BCUT2D eigenvalue weighted by Crippen LogP contribution is -2.17. The summed E-state index contributed by atoms with van der Waals surface area (Å²) < 4.78 is 4.59. The average molecular weight is 328 g/mol. The molecule has 1 N–H and O–H groups in total. The second-order valence-electron chi connectivity index (χ2n) is 5.02. The fourth-order valence-electron chi connectivity index (χ4n) is 2.25. The van der Waals surface area contributed by atoms with Gasteiger partial charge in [-0.2, -0.15) is 0 Å². The van der Waals surface area contributed by atoms with E-state index >= 15 is 0 Å². The monoisotopic (exact) mass is 328 g/mol. The van der Waals surface area contributed by atoms with Crippen LogP contribution < -0.4 is 5.32 Å². The maximum absolute atomic E-state index is 11.9. The molecular weight excluding hydrogens is 308 g/mol. The van der Waals surface area contributed by atoms with Crippen LogP contribution in [-0.4, -0.2) is 35.0 Å². The Morgan fingerprint density at radius 1 is 1.43 bits per heavy atom. The standard InChI is InChI=1S/C14H20N2O3S2/c1-19-13(18)7-10-8-21-14(15-10)16-12(17)9-20-11-5-3-2-4-6-11/h8,11H,2-7,9H2,1H3,(H,15,16,17). The summed E-state index contributed by atoms with van der Waals surface area (Å²) in [6, 6.07) is 0. The molecule has 1 fully saturated rings. The van der Waals surface area contributed by atoms with E-state index in [2.05, 4.69) is 15.0 Å². The smallest absolute Gasteiger partial charge is 0.311 e. The number of ether oxygens (including phenoxy) is 1. The molecule has 1 aliphatic carbocycles. The number of thioether (sulfide) groups is 1. The van der Waals surface area contributed by atoms with Gasteiger partial charge < -0.3 is 10.1 Å². The minimum absolute atomic E-state index is 0.0236. The number of nitrogens with zero attached hydrogens (tertiary/aromatic N) is 1. The first-order chi connectivity index (χ1) is 10.2. The Morgan fingerprint density at radius 2 is 2.19 bits per heavy atom. The molecule has 1 saturated carbocycles. The van der Waals surface area contributed by atoms with Gasteiger partial charge in [0.1, 0.15) is 0 Å². The Kier molecular flexibility index (Phi) is 6.50. The minimum atomic E-state index is -0.328. The minimum Gasteiger partial charge on any atom is -0.469 e. The lowest BCUT2D eigenvalue weighted by Gasteiger charge is -2.20. The highest BCUT2D eigenvalue weighted by Gasteiger charge is 2.16. The molecule has 0 spiro atoms. The van der Waals surface area contributed by atoms with Crippen molar-refractivity contribution >= 4 is 40.1 Å². The molecule has 0 bridgehead atoms. The van der Waals surface area contributed by atoms with Crippen LogP contribution in [0.5, 0.6) is 0 Å². The summed E-state index contributed by atoms with van der Waals surface area (Å²) in [5.41, 5.74) is 0.627. The number of carbonyl (C=O) groups is 2. The first kappa shape index (κ1) is 16.3. The maximum atomic E-state index is 11.9. The molecule has 0 radical (unpaired) electrons. The van der Waals surface area contributed by atoms with Crippen molar-refractivity contribution in [2.45, 2.75) is 43.8 Å². The molecule has 2 rings (SSSR count). The normalized spacial score (nSPS) is 15.7. The third-order valence-corrected chi connectivity index (χ3v) is 5.53. The second-order valence-corrected chi connectivity index (χ2v) is 7.16. The largest absolute Gasteiger partial charge is 0.469 e. The zero-order valence-corrected chi connectivity index (χ0v) is 13.7. The van der Waals surface area contributed by atoms with Crippen LogP contribution in [0.1, 0.15) is 37.8 Å². The van der Waals surface area contributed by atoms with E-state index in [1.807, 2.05) is 0 Å². The van der Waals surface area contributed by atoms with E-state index in [0.717, 1.165) is 0 Å². The zero-order valence-electron chi connectivity index (χ0n) is 12.1. The van der Waals surface area contributed by atoms with Crippen molar-refractivity contribution in [1.29, 1.82) is 0 Å². The highest BCUT2D eigenvalue weighted by atomic mass is 32.2. The number of hydrogen-bond donors (Lipinski definition) is 1. The molecule has 1 heterocycles. The average Bonchev–Trinajstić information content (AvgIpc) is 2.93. The summed E-state index contributed by atoms with van der Waals surface area (Å²) in [5, 5.41) is 5.72. The number of nitrogens with one attached hydrogen (secondary N) is 1. The third-order valence-electron chi connectivity index (χ3n) is 3.35. The number of methoxy groups -OCH3 is 1. The van der Waals surface area contributed by atoms with Crippen LogP contribution in [0, 0.1) is 0 Å². The van der Waals surface area contributed by atoms with E-state index in [-0.39, 0.29) is 18.3 Å². The first-order valence-electron chi connectivity index (χ1n) is 7.10. The SMILES string of the molecule is COC(=O)Cc1csc(NC(=O)CSC2CCCCC2)n1. The molecule has 5 nitrogen and oxygen atoms in total. The fraction of sp³-hybridized carbons (Fsp3) is 0.643. The lowest BCUT2D eigenvalue weighted by atomic mass is 10.0. The number of carbonyl (C=O) groups excluding carboxylic acids is 2. The number of anilines is 1. The van der Waals surface area contributed by atoms with Crippen LogP contribution in [0.15, 0.2) is 5.38 Å². The van der Waals surface area contributed by atoms with Gasteiger partial charge in [0.25, 0.3) is 0 Å². The van der Waals surface area contributed by atoms with Crippen molar-refractivity contribution in [3.63, 3.8) is 0 Å². The van der Waals surface area contributed by atoms with Crippen molar-refractivity contribution in [3.8, 4) is 0 Å². The molecule has 0 aromatic carbocycles. The van der Waals surface area contributed by atoms with E-state index in [0.29, 0.717) is 21.8 Å². The van der Waals surface area contributed by atoms with Crippen LogP contribution in [0.4, 0.5) is 5.13 Å². The Bertz CT molecular complexity index is 484. The summed E-state index contributed by atoms with van der Waals surface area (Å²) in [7, 11) is 1.35. The molecule has 1 aromatic rings. The third kappa shape index (κ3) is 5.67. The van der Waals surface area contributed by atoms with E-state index < -0.39 is 0 Å². The van der Waals surface area contributed by atoms with Gasteiger partial charge in [-0.05, 0) is 12.8 Å². The van der Waals surface area contributed by atoms with Gasteiger partial charge in [-0.15, -0.1) is 23.1 Å². The van der Waals surface area contributed by atoms with Gasteiger partial charge in [-0.25, -0.2) is 4.98 Å². The molecule has 1 aromatic heterocycles. The molecule has 1 amide bonds. The molecule has 0 saturated heterocycles. The van der Waals surface area contributed by atoms with Gasteiger partial charge in [-0.3, -0.25) is 9.59 Å². The topological polar surface area (TPSA) is 68.3 Å². The summed E-state index contributed by atoms with van der Waals surface area (Å²) in [6.45, 7) is 0. The molecule has 7 heteroatoms. The van der Waals surface area contributed by atoms with Crippen LogP contribution in [0.3, 0.4) is 0 Å². The van der Waals surface area contributed by atoms with Crippen molar-refractivity contribution in [3.05, 3.63) is 11.1 Å². The van der Waals surface area contributed by atoms with Crippen molar-refractivity contribution in [2.24, 2.45) is 0 Å². The van der Waals surface area contributed by atoms with E-state index in [4.69, 9.17) is 0 Å². The van der Waals surface area contributed by atoms with Gasteiger partial charge in [0, 0.05) is 10.6 Å². The summed E-state index contributed by atoms with van der Waals surface area (Å²) in [6.07, 6.45) is 6.47. The number of rotatable bonds is 6. The zero-order chi connectivity index (χ0) is 15.1. The quantitative estimate of drug-likeness (QED) is 0.813. The Balaban J connectivity index is 1.73. The molecule has 21 heavy (non-hydrogen) atoms. The van der Waals surface area contributed by atoms with Crippen LogP contribution in [0.25, 0.3) is 0 Å². The Morgan fingerprint density at radius 3 is 2.90 bits per heavy atom. The molecular formula is C14H20N2O3S2. The fourth-order valence-corrected chi connectivity index (χ4v) is 4.10. The van der Waals surface area contributed by atoms with Gasteiger partial charge in [0.05, 0.1) is 25.0 Å². The van der Waals surface area contributed by atoms with Crippen LogP contribution >= 0.6 is 23.1 Å². The molecule has 0 unspecified atom stereocenters. The van der Waals surface area contributed by atoms with Crippen molar-refractivity contribution in [2.75, 3.05) is 18.2 Å². The Hall–Kier alpha value is -1.08. The Labute approximate surface area is 132 Å². The number of amides is 1. The van der Waals surface area contributed by atoms with Crippen LogP contribution in [0.2, 0.25) is 0 Å². The maximum Gasteiger partial charge on any atom is 0.311 e. The van der Waals surface area contributed by atoms with Crippen LogP contribution in [-0.2, 0) is 20.7 Å². The summed E-state index contributed by atoms with van der Waals surface area (Å²) in [5.74, 6) is 0.118. The number of hydrogen-bond acceptors (Lipinski definition) is 6. The molecule has 1 aliphatic rings. The van der Waals surface area contributed by atoms with Crippen molar-refractivity contribution in [1.82, 2.24) is 4.98 Å². The van der Waals surface area contributed by atoms with Gasteiger partial charge >= 0.3 is 5.97 Å². The molecule has 0 atom stereocenters. The van der Waals surface area contributed by atoms with E-state index in [1.165, 1.54) is 50.6 Å². The second kappa shape index (κ2) is 8.38. The number of esters is 1. The van der Waals surface area contributed by atoms with Gasteiger partial charge in [0.15, 0.2) is 5.13 Å². The van der Waals surface area contributed by atoms with Crippen molar-refractivity contribution < 1.29 is 14.3 Å². The summed E-state index contributed by atoms with van der Waals surface area (Å²) >= 11 is 3.07. The highest BCUT2D eigenvalue weighted by molar-refractivity contribution is 8.00. The number of thiazole rings is 1. The highest BCUT2D eigenvalue weighted by Crippen LogP contribution is 2.28. The molecule has 0 aliphatic heterocycles. The lowest BCUT2D eigenvalue weighted by molar-refractivity contribution is -0.139. The predicted molar refractivity (Wildman–Crippen MR) is 85.8 cm³/mol. The predicted octanol–water partition coefficient (Wildman–Crippen LogP) is 2.86. The summed E-state index contributed by atoms with van der Waals surface area (Å²) in [4.78, 5) is 27.2. The number of aromatic nitrogens is 1. The van der Waals surface area contributed by atoms with E-state index in [9.17, 15) is 9.59 Å². The van der Waals surface area contributed by atoms with Gasteiger partial charge in [-0.1, -0.05) is 19.3 Å².